The zero-order valence-corrected chi connectivity index (χ0v) is 9.34. The summed E-state index contributed by atoms with van der Waals surface area (Å²) in [5, 5.41) is 9.04. The second kappa shape index (κ2) is 3.32. The minimum Gasteiger partial charge on any atom is -0.493 e. The number of carbonyl (C=O) groups is 2. The Morgan fingerprint density at radius 3 is 2.82 bits per heavy atom. The summed E-state index contributed by atoms with van der Waals surface area (Å²) < 4.78 is 5.53. The number of benzene rings is 1. The van der Waals surface area contributed by atoms with Crippen molar-refractivity contribution in [1.29, 1.82) is 0 Å². The summed E-state index contributed by atoms with van der Waals surface area (Å²) >= 11 is 0. The molecule has 0 bridgehead atoms. The van der Waals surface area contributed by atoms with Crippen LogP contribution < -0.4 is 4.74 Å². The van der Waals surface area contributed by atoms with Gasteiger partial charge in [0.15, 0.2) is 5.78 Å². The molecule has 17 heavy (non-hydrogen) atoms. The number of aliphatic carboxylic acids is 1. The van der Waals surface area contributed by atoms with E-state index >= 15 is 0 Å². The summed E-state index contributed by atoms with van der Waals surface area (Å²) in [6.07, 6.45) is 0. The summed E-state index contributed by atoms with van der Waals surface area (Å²) in [4.78, 5) is 22.2. The summed E-state index contributed by atoms with van der Waals surface area (Å²) in [6, 6.07) is 5.28. The van der Waals surface area contributed by atoms with Crippen LogP contribution in [0.25, 0.3) is 0 Å². The summed E-state index contributed by atoms with van der Waals surface area (Å²) in [6.45, 7) is 1.94. The van der Waals surface area contributed by atoms with Crippen molar-refractivity contribution in [3.05, 3.63) is 29.3 Å². The van der Waals surface area contributed by atoms with Gasteiger partial charge in [0.05, 0.1) is 12.5 Å². The zero-order chi connectivity index (χ0) is 12.2. The van der Waals surface area contributed by atoms with Gasteiger partial charge in [-0.2, -0.15) is 0 Å². The first-order valence-corrected chi connectivity index (χ1v) is 5.60. The van der Waals surface area contributed by atoms with Gasteiger partial charge in [0.2, 0.25) is 0 Å². The number of fused-ring (bicyclic) bond motifs is 3. The highest BCUT2D eigenvalue weighted by atomic mass is 16.5. The van der Waals surface area contributed by atoms with Crippen LogP contribution in [-0.4, -0.2) is 23.5 Å². The molecule has 1 saturated carbocycles. The maximum absolute atomic E-state index is 11.2. The Morgan fingerprint density at radius 1 is 1.41 bits per heavy atom. The van der Waals surface area contributed by atoms with Crippen LogP contribution in [0.3, 0.4) is 0 Å². The highest BCUT2D eigenvalue weighted by molar-refractivity contribution is 5.94. The fourth-order valence-electron chi connectivity index (χ4n) is 2.68. The zero-order valence-electron chi connectivity index (χ0n) is 9.34. The molecule has 4 heteroatoms. The molecule has 0 spiro atoms. The Labute approximate surface area is 98.2 Å². The van der Waals surface area contributed by atoms with E-state index in [1.165, 1.54) is 6.92 Å². The molecular formula is C13H12O4. The molecule has 0 radical (unpaired) electrons. The number of carboxylic acid groups (broad SMARTS) is 1. The van der Waals surface area contributed by atoms with E-state index in [0.717, 1.165) is 5.56 Å². The Morgan fingerprint density at radius 2 is 2.18 bits per heavy atom. The van der Waals surface area contributed by atoms with Crippen LogP contribution in [0.2, 0.25) is 0 Å². The van der Waals surface area contributed by atoms with Crippen LogP contribution in [0.4, 0.5) is 0 Å². The van der Waals surface area contributed by atoms with Gasteiger partial charge in [0.1, 0.15) is 5.75 Å². The normalized spacial score (nSPS) is 28.6. The van der Waals surface area contributed by atoms with Gasteiger partial charge < -0.3 is 9.84 Å². The predicted octanol–water partition coefficient (Wildman–Crippen LogP) is 1.70. The molecule has 1 heterocycles. The third-order valence-corrected chi connectivity index (χ3v) is 3.66. The second-order valence-corrected chi connectivity index (χ2v) is 4.67. The Balaban J connectivity index is 1.98. The molecule has 1 aliphatic heterocycles. The van der Waals surface area contributed by atoms with Crippen molar-refractivity contribution in [2.45, 2.75) is 12.8 Å². The van der Waals surface area contributed by atoms with Crippen molar-refractivity contribution in [2.24, 2.45) is 11.8 Å². The van der Waals surface area contributed by atoms with E-state index in [1.807, 2.05) is 6.07 Å². The molecule has 3 rings (SSSR count). The van der Waals surface area contributed by atoms with E-state index in [2.05, 4.69) is 0 Å². The molecule has 0 aromatic heterocycles. The van der Waals surface area contributed by atoms with Gasteiger partial charge >= 0.3 is 5.97 Å². The molecule has 0 saturated heterocycles. The van der Waals surface area contributed by atoms with Crippen LogP contribution in [-0.2, 0) is 4.79 Å². The number of carbonyl (C=O) groups excluding carboxylic acids is 1. The van der Waals surface area contributed by atoms with Crippen LogP contribution in [0.1, 0.15) is 28.8 Å². The second-order valence-electron chi connectivity index (χ2n) is 4.67. The highest BCUT2D eigenvalue weighted by Gasteiger charge is 2.58. The van der Waals surface area contributed by atoms with E-state index in [0.29, 0.717) is 17.9 Å². The molecule has 0 amide bonds. The van der Waals surface area contributed by atoms with Crippen molar-refractivity contribution in [3.8, 4) is 5.75 Å². The number of ketones is 1. The summed E-state index contributed by atoms with van der Waals surface area (Å²) in [5.41, 5.74) is 1.54. The number of hydrogen-bond donors (Lipinski definition) is 1. The number of rotatable bonds is 2. The van der Waals surface area contributed by atoms with E-state index in [1.54, 1.807) is 12.1 Å². The first kappa shape index (κ1) is 10.3. The first-order chi connectivity index (χ1) is 8.09. The Kier molecular flexibility index (Phi) is 2.02. The van der Waals surface area contributed by atoms with Crippen molar-refractivity contribution in [3.63, 3.8) is 0 Å². The minimum atomic E-state index is -0.757. The molecule has 1 aromatic carbocycles. The maximum atomic E-state index is 11.2. The Bertz CT molecular complexity index is 520. The molecule has 1 fully saturated rings. The lowest BCUT2D eigenvalue weighted by Gasteiger charge is -2.16. The number of ether oxygens (including phenoxy) is 1. The SMILES string of the molecule is CC(=O)c1ccc2c(c1)OCC1C(C(=O)O)C21. The lowest BCUT2D eigenvalue weighted by molar-refractivity contribution is -0.139. The van der Waals surface area contributed by atoms with Gasteiger partial charge in [0, 0.05) is 17.4 Å². The van der Waals surface area contributed by atoms with Crippen molar-refractivity contribution in [2.75, 3.05) is 6.61 Å². The van der Waals surface area contributed by atoms with Gasteiger partial charge in [-0.3, -0.25) is 9.59 Å². The van der Waals surface area contributed by atoms with Crippen molar-refractivity contribution < 1.29 is 19.4 Å². The van der Waals surface area contributed by atoms with Crippen LogP contribution in [0, 0.1) is 11.8 Å². The lowest BCUT2D eigenvalue weighted by Crippen LogP contribution is -2.09. The topological polar surface area (TPSA) is 63.6 Å². The van der Waals surface area contributed by atoms with Gasteiger partial charge in [-0.1, -0.05) is 12.1 Å². The maximum Gasteiger partial charge on any atom is 0.307 e. The lowest BCUT2D eigenvalue weighted by atomic mass is 10.0. The fourth-order valence-corrected chi connectivity index (χ4v) is 2.68. The monoisotopic (exact) mass is 232 g/mol. The molecule has 2 aliphatic rings. The molecule has 1 aliphatic carbocycles. The average molecular weight is 232 g/mol. The minimum absolute atomic E-state index is 0.0101. The standard InChI is InChI=1S/C13H12O4/c1-6(14)7-2-3-8-10(4-7)17-5-9-11(8)12(9)13(15)16/h2-4,9,11-12H,5H2,1H3,(H,15,16). The van der Waals surface area contributed by atoms with E-state index in [9.17, 15) is 9.59 Å². The molecule has 1 N–H and O–H groups in total. The molecule has 3 unspecified atom stereocenters. The Hall–Kier alpha value is -1.84. The highest BCUT2D eigenvalue weighted by Crippen LogP contribution is 2.59. The summed E-state index contributed by atoms with van der Waals surface area (Å²) in [7, 11) is 0. The third-order valence-electron chi connectivity index (χ3n) is 3.66. The third kappa shape index (κ3) is 1.44. The van der Waals surface area contributed by atoms with E-state index in [-0.39, 0.29) is 23.5 Å². The number of Topliss-reactive ketones (excluding diaryl/α,β-unsaturated/α-hetero) is 1. The number of carboxylic acids is 1. The van der Waals surface area contributed by atoms with Crippen LogP contribution in [0.15, 0.2) is 18.2 Å². The quantitative estimate of drug-likeness (QED) is 0.788. The van der Waals surface area contributed by atoms with Gasteiger partial charge in [-0.25, -0.2) is 0 Å². The van der Waals surface area contributed by atoms with Crippen LogP contribution in [0.5, 0.6) is 5.75 Å². The van der Waals surface area contributed by atoms with E-state index < -0.39 is 5.97 Å². The average Bonchev–Trinajstić information content (AvgIpc) is 3.02. The van der Waals surface area contributed by atoms with Gasteiger partial charge in [-0.05, 0) is 18.6 Å². The molecule has 88 valence electrons. The predicted molar refractivity (Wildman–Crippen MR) is 59.3 cm³/mol. The van der Waals surface area contributed by atoms with E-state index in [4.69, 9.17) is 9.84 Å². The van der Waals surface area contributed by atoms with Gasteiger partial charge in [0.25, 0.3) is 0 Å². The summed E-state index contributed by atoms with van der Waals surface area (Å²) in [5.74, 6) is -0.251. The molecule has 1 aromatic rings. The van der Waals surface area contributed by atoms with Crippen molar-refractivity contribution >= 4 is 11.8 Å². The smallest absolute Gasteiger partial charge is 0.307 e. The van der Waals surface area contributed by atoms with Crippen LogP contribution >= 0.6 is 0 Å². The molecule has 4 nitrogen and oxygen atoms in total. The fraction of sp³-hybridized carbons (Fsp3) is 0.385. The first-order valence-electron chi connectivity index (χ1n) is 5.60. The molecule has 3 atom stereocenters. The van der Waals surface area contributed by atoms with Gasteiger partial charge in [-0.15, -0.1) is 0 Å². The molecular weight excluding hydrogens is 220 g/mol. The largest absolute Gasteiger partial charge is 0.493 e. The van der Waals surface area contributed by atoms with Crippen molar-refractivity contribution in [1.82, 2.24) is 0 Å². The number of hydrogen-bond acceptors (Lipinski definition) is 3.